The number of benzene rings is 2. The van der Waals surface area contributed by atoms with Gasteiger partial charge in [0.1, 0.15) is 12.4 Å². The van der Waals surface area contributed by atoms with Crippen LogP contribution in [0.2, 0.25) is 0 Å². The normalized spacial score (nSPS) is 16.4. The van der Waals surface area contributed by atoms with Gasteiger partial charge in [-0.2, -0.15) is 0 Å². The minimum atomic E-state index is 0.187. The Labute approximate surface area is 141 Å². The van der Waals surface area contributed by atoms with Gasteiger partial charge in [0.15, 0.2) is 5.78 Å². The van der Waals surface area contributed by atoms with Gasteiger partial charge in [-0.3, -0.25) is 9.78 Å². The first-order valence-electron chi connectivity index (χ1n) is 8.27. The van der Waals surface area contributed by atoms with E-state index in [1.54, 1.807) is 6.20 Å². The molecule has 0 saturated carbocycles. The van der Waals surface area contributed by atoms with E-state index in [1.807, 2.05) is 42.5 Å². The van der Waals surface area contributed by atoms with Crippen LogP contribution < -0.4 is 4.74 Å². The summed E-state index contributed by atoms with van der Waals surface area (Å²) in [4.78, 5) is 16.8. The molecular formula is C21H19NO2. The van der Waals surface area contributed by atoms with Crippen molar-refractivity contribution in [1.82, 2.24) is 4.98 Å². The van der Waals surface area contributed by atoms with Gasteiger partial charge in [0.05, 0.1) is 11.1 Å². The van der Waals surface area contributed by atoms with Crippen molar-refractivity contribution < 1.29 is 9.53 Å². The molecule has 120 valence electrons. The van der Waals surface area contributed by atoms with Crippen molar-refractivity contribution in [1.29, 1.82) is 0 Å². The fraction of sp³-hybridized carbons (Fsp3) is 0.238. The zero-order chi connectivity index (χ0) is 16.7. The molecule has 4 rings (SSSR count). The van der Waals surface area contributed by atoms with E-state index in [-0.39, 0.29) is 11.7 Å². The Morgan fingerprint density at radius 1 is 1.17 bits per heavy atom. The lowest BCUT2D eigenvalue weighted by Gasteiger charge is -2.14. The van der Waals surface area contributed by atoms with Crippen LogP contribution in [-0.2, 0) is 6.61 Å². The average molecular weight is 317 g/mol. The molecule has 0 aliphatic heterocycles. The highest BCUT2D eigenvalue weighted by Crippen LogP contribution is 2.40. The summed E-state index contributed by atoms with van der Waals surface area (Å²) in [5.41, 5.74) is 5.07. The van der Waals surface area contributed by atoms with Crippen LogP contribution in [0.15, 0.2) is 48.7 Å². The third kappa shape index (κ3) is 2.37. The van der Waals surface area contributed by atoms with Crippen LogP contribution in [0.4, 0.5) is 0 Å². The molecule has 2 aromatic carbocycles. The van der Waals surface area contributed by atoms with Crippen molar-refractivity contribution in [3.8, 4) is 5.75 Å². The summed E-state index contributed by atoms with van der Waals surface area (Å²) < 4.78 is 6.06. The number of para-hydroxylation sites is 1. The van der Waals surface area contributed by atoms with Crippen LogP contribution in [-0.4, -0.2) is 10.8 Å². The number of rotatable bonds is 3. The van der Waals surface area contributed by atoms with Gasteiger partial charge in [0, 0.05) is 23.6 Å². The summed E-state index contributed by atoms with van der Waals surface area (Å²) in [6.07, 6.45) is 2.37. The van der Waals surface area contributed by atoms with Gasteiger partial charge >= 0.3 is 0 Å². The topological polar surface area (TPSA) is 39.2 Å². The van der Waals surface area contributed by atoms with Crippen LogP contribution in [0.3, 0.4) is 0 Å². The number of Topliss-reactive ketones (excluding diaryl/α,β-unsaturated/α-hetero) is 1. The smallest absolute Gasteiger partial charge is 0.167 e. The Morgan fingerprint density at radius 2 is 2.00 bits per heavy atom. The van der Waals surface area contributed by atoms with E-state index in [2.05, 4.69) is 18.8 Å². The molecule has 0 unspecified atom stereocenters. The number of ketones is 1. The van der Waals surface area contributed by atoms with E-state index in [4.69, 9.17) is 4.74 Å². The average Bonchev–Trinajstić information content (AvgIpc) is 2.90. The number of hydrogen-bond donors (Lipinski definition) is 0. The third-order valence-corrected chi connectivity index (χ3v) is 4.79. The lowest BCUT2D eigenvalue weighted by molar-refractivity contribution is 0.0986. The number of carbonyl (C=O) groups excluding carboxylic acids is 1. The molecular weight excluding hydrogens is 298 g/mol. The van der Waals surface area contributed by atoms with E-state index in [1.165, 1.54) is 5.56 Å². The highest BCUT2D eigenvalue weighted by atomic mass is 16.5. The number of ether oxygens (including phenoxy) is 1. The number of aromatic nitrogens is 1. The largest absolute Gasteiger partial charge is 0.488 e. The van der Waals surface area contributed by atoms with Crippen molar-refractivity contribution in [2.24, 2.45) is 0 Å². The van der Waals surface area contributed by atoms with Crippen LogP contribution in [0.25, 0.3) is 10.9 Å². The van der Waals surface area contributed by atoms with Gasteiger partial charge in [0.2, 0.25) is 0 Å². The van der Waals surface area contributed by atoms with Gasteiger partial charge in [-0.05, 0) is 36.1 Å². The SMILES string of the molecule is Cc1ccc(OCc2cccc3cccnc23)c2c1[C@H](C)CC2=O. The molecule has 3 nitrogen and oxygen atoms in total. The highest BCUT2D eigenvalue weighted by molar-refractivity contribution is 6.04. The molecule has 0 amide bonds. The summed E-state index contributed by atoms with van der Waals surface area (Å²) in [5.74, 6) is 1.15. The third-order valence-electron chi connectivity index (χ3n) is 4.79. The lowest BCUT2D eigenvalue weighted by Crippen LogP contribution is -2.03. The maximum Gasteiger partial charge on any atom is 0.167 e. The van der Waals surface area contributed by atoms with Gasteiger partial charge in [-0.15, -0.1) is 0 Å². The molecule has 1 aliphatic rings. The summed E-state index contributed by atoms with van der Waals surface area (Å²) in [6.45, 7) is 4.58. The molecule has 1 aliphatic carbocycles. The molecule has 24 heavy (non-hydrogen) atoms. The van der Waals surface area contributed by atoms with Gasteiger partial charge in [-0.1, -0.05) is 37.3 Å². The van der Waals surface area contributed by atoms with Crippen molar-refractivity contribution in [3.63, 3.8) is 0 Å². The molecule has 3 aromatic rings. The maximum absolute atomic E-state index is 12.4. The van der Waals surface area contributed by atoms with E-state index in [0.717, 1.165) is 27.6 Å². The fourth-order valence-electron chi connectivity index (χ4n) is 3.67. The summed E-state index contributed by atoms with van der Waals surface area (Å²) in [5, 5.41) is 1.09. The zero-order valence-corrected chi connectivity index (χ0v) is 13.9. The van der Waals surface area contributed by atoms with Crippen LogP contribution in [0.5, 0.6) is 5.75 Å². The minimum Gasteiger partial charge on any atom is -0.488 e. The quantitative estimate of drug-likeness (QED) is 0.695. The molecule has 0 spiro atoms. The maximum atomic E-state index is 12.4. The Kier molecular flexibility index (Phi) is 3.57. The first-order valence-corrected chi connectivity index (χ1v) is 8.27. The van der Waals surface area contributed by atoms with Gasteiger partial charge in [-0.25, -0.2) is 0 Å². The zero-order valence-electron chi connectivity index (χ0n) is 13.9. The van der Waals surface area contributed by atoms with E-state index in [9.17, 15) is 4.79 Å². The van der Waals surface area contributed by atoms with E-state index in [0.29, 0.717) is 18.8 Å². The molecule has 3 heteroatoms. The second-order valence-corrected chi connectivity index (χ2v) is 6.48. The number of fused-ring (bicyclic) bond motifs is 2. The highest BCUT2D eigenvalue weighted by Gasteiger charge is 2.31. The molecule has 1 atom stereocenters. The fourth-order valence-corrected chi connectivity index (χ4v) is 3.67. The number of pyridine rings is 1. The lowest BCUT2D eigenvalue weighted by atomic mass is 9.97. The summed E-state index contributed by atoms with van der Waals surface area (Å²) in [7, 11) is 0. The Balaban J connectivity index is 1.69. The van der Waals surface area contributed by atoms with Crippen molar-refractivity contribution >= 4 is 16.7 Å². The van der Waals surface area contributed by atoms with Crippen molar-refractivity contribution in [3.05, 3.63) is 70.9 Å². The van der Waals surface area contributed by atoms with Crippen LogP contribution >= 0.6 is 0 Å². The molecule has 0 saturated heterocycles. The monoisotopic (exact) mass is 317 g/mol. The van der Waals surface area contributed by atoms with E-state index < -0.39 is 0 Å². The molecule has 0 fully saturated rings. The van der Waals surface area contributed by atoms with Gasteiger partial charge < -0.3 is 4.74 Å². The summed E-state index contributed by atoms with van der Waals surface area (Å²) >= 11 is 0. The van der Waals surface area contributed by atoms with Crippen molar-refractivity contribution in [2.75, 3.05) is 0 Å². The molecule has 0 N–H and O–H groups in total. The summed E-state index contributed by atoms with van der Waals surface area (Å²) in [6, 6.07) is 14.0. The molecule has 1 aromatic heterocycles. The number of nitrogens with zero attached hydrogens (tertiary/aromatic N) is 1. The van der Waals surface area contributed by atoms with E-state index >= 15 is 0 Å². The Hall–Kier alpha value is -2.68. The number of aryl methyl sites for hydroxylation is 1. The standard InChI is InChI=1S/C21H19NO2/c1-13-8-9-18(20-17(23)11-14(2)19(13)20)24-12-16-6-3-5-15-7-4-10-22-21(15)16/h3-10,14H,11-12H2,1-2H3/t14-/m1/s1. The second kappa shape index (κ2) is 5.75. The van der Waals surface area contributed by atoms with Crippen LogP contribution in [0, 0.1) is 6.92 Å². The minimum absolute atomic E-state index is 0.187. The number of carbonyl (C=O) groups is 1. The first-order chi connectivity index (χ1) is 11.6. The second-order valence-electron chi connectivity index (χ2n) is 6.48. The molecule has 0 radical (unpaired) electrons. The van der Waals surface area contributed by atoms with Crippen molar-refractivity contribution in [2.45, 2.75) is 32.8 Å². The van der Waals surface area contributed by atoms with Gasteiger partial charge in [0.25, 0.3) is 0 Å². The Morgan fingerprint density at radius 3 is 2.88 bits per heavy atom. The number of hydrogen-bond acceptors (Lipinski definition) is 3. The predicted molar refractivity (Wildman–Crippen MR) is 94.6 cm³/mol. The predicted octanol–water partition coefficient (Wildman–Crippen LogP) is 4.81. The van der Waals surface area contributed by atoms with Crippen LogP contribution in [0.1, 0.15) is 46.3 Å². The molecule has 0 bridgehead atoms. The molecule has 1 heterocycles. The Bertz CT molecular complexity index is 940. The first kappa shape index (κ1) is 14.9.